The van der Waals surface area contributed by atoms with E-state index in [0.29, 0.717) is 25.1 Å². The van der Waals surface area contributed by atoms with E-state index >= 15 is 0 Å². The Kier molecular flexibility index (Phi) is 5.79. The average Bonchev–Trinajstić information content (AvgIpc) is 2.35. The van der Waals surface area contributed by atoms with E-state index in [1.807, 2.05) is 6.92 Å². The van der Waals surface area contributed by atoms with Gasteiger partial charge in [0.1, 0.15) is 0 Å². The van der Waals surface area contributed by atoms with Gasteiger partial charge >= 0.3 is 0 Å². The molecule has 0 saturated heterocycles. The van der Waals surface area contributed by atoms with E-state index in [0.717, 1.165) is 0 Å². The summed E-state index contributed by atoms with van der Waals surface area (Å²) < 4.78 is 0. The summed E-state index contributed by atoms with van der Waals surface area (Å²) in [5, 5.41) is 16.4. The van der Waals surface area contributed by atoms with Crippen molar-refractivity contribution in [2.24, 2.45) is 0 Å². The SMILES string of the molecule is CCNC(=O)CNCCc1ccccc1[N+](=O)[O-]. The van der Waals surface area contributed by atoms with Crippen LogP contribution >= 0.6 is 0 Å². The summed E-state index contributed by atoms with van der Waals surface area (Å²) in [6, 6.07) is 6.63. The van der Waals surface area contributed by atoms with E-state index in [-0.39, 0.29) is 23.1 Å². The molecule has 1 rings (SSSR count). The standard InChI is InChI=1S/C12H17N3O3/c1-2-14-12(16)9-13-8-7-10-5-3-4-6-11(10)15(17)18/h3-6,13H,2,7-9H2,1H3,(H,14,16). The monoisotopic (exact) mass is 251 g/mol. The van der Waals surface area contributed by atoms with Gasteiger partial charge in [0.15, 0.2) is 0 Å². The first-order chi connectivity index (χ1) is 8.65. The van der Waals surface area contributed by atoms with Crippen LogP contribution in [0.15, 0.2) is 24.3 Å². The minimum Gasteiger partial charge on any atom is -0.355 e. The average molecular weight is 251 g/mol. The largest absolute Gasteiger partial charge is 0.355 e. The highest BCUT2D eigenvalue weighted by atomic mass is 16.6. The Morgan fingerprint density at radius 2 is 2.11 bits per heavy atom. The normalized spacial score (nSPS) is 10.1. The van der Waals surface area contributed by atoms with Gasteiger partial charge in [-0.15, -0.1) is 0 Å². The molecule has 98 valence electrons. The van der Waals surface area contributed by atoms with Gasteiger partial charge in [-0.1, -0.05) is 18.2 Å². The highest BCUT2D eigenvalue weighted by Gasteiger charge is 2.11. The summed E-state index contributed by atoms with van der Waals surface area (Å²) in [6.07, 6.45) is 0.524. The summed E-state index contributed by atoms with van der Waals surface area (Å²) >= 11 is 0. The summed E-state index contributed by atoms with van der Waals surface area (Å²) in [4.78, 5) is 21.5. The number of likely N-dealkylation sites (N-methyl/N-ethyl adjacent to an activating group) is 1. The molecule has 0 fully saturated rings. The number of carbonyl (C=O) groups is 1. The number of nitrogens with zero attached hydrogens (tertiary/aromatic N) is 1. The van der Waals surface area contributed by atoms with Crippen LogP contribution in [0.5, 0.6) is 0 Å². The Bertz CT molecular complexity index is 421. The Morgan fingerprint density at radius 1 is 1.39 bits per heavy atom. The summed E-state index contributed by atoms with van der Waals surface area (Å²) in [6.45, 7) is 3.21. The maximum Gasteiger partial charge on any atom is 0.272 e. The maximum atomic E-state index is 11.1. The molecule has 6 heteroatoms. The van der Waals surface area contributed by atoms with Gasteiger partial charge in [-0.2, -0.15) is 0 Å². The van der Waals surface area contributed by atoms with Gasteiger partial charge in [0.2, 0.25) is 5.91 Å². The van der Waals surface area contributed by atoms with Gasteiger partial charge in [0, 0.05) is 18.2 Å². The van der Waals surface area contributed by atoms with Gasteiger partial charge in [-0.05, 0) is 19.9 Å². The molecule has 0 spiro atoms. The Labute approximate surface area is 106 Å². The predicted octanol–water partition coefficient (Wildman–Crippen LogP) is 0.863. The quantitative estimate of drug-likeness (QED) is 0.427. The molecule has 0 aliphatic carbocycles. The van der Waals surface area contributed by atoms with Crippen LogP contribution in [0.25, 0.3) is 0 Å². The molecule has 1 amide bonds. The highest BCUT2D eigenvalue weighted by Crippen LogP contribution is 2.17. The topological polar surface area (TPSA) is 84.3 Å². The molecule has 0 aromatic heterocycles. The van der Waals surface area contributed by atoms with E-state index in [2.05, 4.69) is 10.6 Å². The van der Waals surface area contributed by atoms with Crippen LogP contribution < -0.4 is 10.6 Å². The second kappa shape index (κ2) is 7.39. The molecule has 0 heterocycles. The molecule has 0 radical (unpaired) electrons. The first-order valence-corrected chi connectivity index (χ1v) is 5.85. The molecule has 2 N–H and O–H groups in total. The van der Waals surface area contributed by atoms with Crippen molar-refractivity contribution in [3.63, 3.8) is 0 Å². The van der Waals surface area contributed by atoms with Gasteiger partial charge in [0.25, 0.3) is 5.69 Å². The van der Waals surface area contributed by atoms with Crippen LogP contribution in [-0.4, -0.2) is 30.5 Å². The second-order valence-electron chi connectivity index (χ2n) is 3.77. The van der Waals surface area contributed by atoms with Crippen molar-refractivity contribution >= 4 is 11.6 Å². The zero-order chi connectivity index (χ0) is 13.4. The molecular formula is C12H17N3O3. The molecule has 6 nitrogen and oxygen atoms in total. The number of carbonyl (C=O) groups excluding carboxylic acids is 1. The lowest BCUT2D eigenvalue weighted by molar-refractivity contribution is -0.385. The van der Waals surface area contributed by atoms with Crippen LogP contribution in [0, 0.1) is 10.1 Å². The molecule has 0 bridgehead atoms. The molecule has 18 heavy (non-hydrogen) atoms. The minimum atomic E-state index is -0.390. The minimum absolute atomic E-state index is 0.0694. The number of nitrogens with one attached hydrogen (secondary N) is 2. The number of nitro groups is 1. The van der Waals surface area contributed by atoms with Gasteiger partial charge in [-0.25, -0.2) is 0 Å². The Morgan fingerprint density at radius 3 is 2.78 bits per heavy atom. The van der Waals surface area contributed by atoms with Crippen LogP contribution in [0.4, 0.5) is 5.69 Å². The Balaban J connectivity index is 2.40. The third-order valence-corrected chi connectivity index (χ3v) is 2.42. The van der Waals surface area contributed by atoms with Crippen LogP contribution in [0.2, 0.25) is 0 Å². The first kappa shape index (κ1) is 14.1. The molecule has 0 aliphatic rings. The molecule has 1 aromatic rings. The Hall–Kier alpha value is -1.95. The second-order valence-corrected chi connectivity index (χ2v) is 3.77. The molecule has 0 aliphatic heterocycles. The van der Waals surface area contributed by atoms with Crippen LogP contribution in [0.1, 0.15) is 12.5 Å². The van der Waals surface area contributed by atoms with Gasteiger partial charge in [0.05, 0.1) is 11.5 Å². The maximum absolute atomic E-state index is 11.1. The van der Waals surface area contributed by atoms with Crippen molar-refractivity contribution in [1.29, 1.82) is 0 Å². The van der Waals surface area contributed by atoms with Gasteiger partial charge < -0.3 is 10.6 Å². The number of rotatable bonds is 7. The molecule has 0 saturated carbocycles. The molecule has 1 aromatic carbocycles. The number of amides is 1. The number of nitro benzene ring substituents is 1. The van der Waals surface area contributed by atoms with Crippen LogP contribution in [-0.2, 0) is 11.2 Å². The number of hydrogen-bond donors (Lipinski definition) is 2. The zero-order valence-electron chi connectivity index (χ0n) is 10.3. The lowest BCUT2D eigenvalue weighted by Crippen LogP contribution is -2.34. The summed E-state index contributed by atoms with van der Waals surface area (Å²) in [7, 11) is 0. The number of para-hydroxylation sites is 1. The fourth-order valence-corrected chi connectivity index (χ4v) is 1.58. The van der Waals surface area contributed by atoms with Crippen molar-refractivity contribution in [3.05, 3.63) is 39.9 Å². The van der Waals surface area contributed by atoms with Gasteiger partial charge in [-0.3, -0.25) is 14.9 Å². The summed E-state index contributed by atoms with van der Waals surface area (Å²) in [5.74, 6) is -0.0694. The molecular weight excluding hydrogens is 234 g/mol. The van der Waals surface area contributed by atoms with E-state index in [1.165, 1.54) is 6.07 Å². The fourth-order valence-electron chi connectivity index (χ4n) is 1.58. The van der Waals surface area contributed by atoms with Crippen molar-refractivity contribution < 1.29 is 9.72 Å². The van der Waals surface area contributed by atoms with Crippen molar-refractivity contribution in [2.45, 2.75) is 13.3 Å². The van der Waals surface area contributed by atoms with Crippen LogP contribution in [0.3, 0.4) is 0 Å². The smallest absolute Gasteiger partial charge is 0.272 e. The number of hydrogen-bond acceptors (Lipinski definition) is 4. The first-order valence-electron chi connectivity index (χ1n) is 5.85. The third kappa shape index (κ3) is 4.50. The fraction of sp³-hybridized carbons (Fsp3) is 0.417. The van der Waals surface area contributed by atoms with E-state index in [4.69, 9.17) is 0 Å². The van der Waals surface area contributed by atoms with Crippen molar-refractivity contribution in [3.8, 4) is 0 Å². The third-order valence-electron chi connectivity index (χ3n) is 2.42. The predicted molar refractivity (Wildman–Crippen MR) is 68.4 cm³/mol. The van der Waals surface area contributed by atoms with E-state index in [1.54, 1.807) is 18.2 Å². The van der Waals surface area contributed by atoms with Crippen molar-refractivity contribution in [2.75, 3.05) is 19.6 Å². The highest BCUT2D eigenvalue weighted by molar-refractivity contribution is 5.77. The van der Waals surface area contributed by atoms with Crippen molar-refractivity contribution in [1.82, 2.24) is 10.6 Å². The number of benzene rings is 1. The summed E-state index contributed by atoms with van der Waals surface area (Å²) in [5.41, 5.74) is 0.795. The van der Waals surface area contributed by atoms with E-state index < -0.39 is 0 Å². The lowest BCUT2D eigenvalue weighted by Gasteiger charge is -2.05. The molecule has 0 unspecified atom stereocenters. The zero-order valence-corrected chi connectivity index (χ0v) is 10.3. The lowest BCUT2D eigenvalue weighted by atomic mass is 10.1. The molecule has 0 atom stereocenters. The van der Waals surface area contributed by atoms with E-state index in [9.17, 15) is 14.9 Å².